The van der Waals surface area contributed by atoms with Gasteiger partial charge in [-0.2, -0.15) is 0 Å². The van der Waals surface area contributed by atoms with E-state index in [0.29, 0.717) is 6.61 Å². The number of aromatic nitrogens is 2. The second-order valence-electron chi connectivity index (χ2n) is 9.25. The van der Waals surface area contributed by atoms with E-state index in [1.807, 2.05) is 39.3 Å². The molecule has 0 unspecified atom stereocenters. The molecule has 0 saturated heterocycles. The predicted molar refractivity (Wildman–Crippen MR) is 140 cm³/mol. The summed E-state index contributed by atoms with van der Waals surface area (Å²) in [6, 6.07) is 21.0. The zero-order chi connectivity index (χ0) is 24.4. The van der Waals surface area contributed by atoms with Gasteiger partial charge in [-0.3, -0.25) is 4.98 Å². The van der Waals surface area contributed by atoms with E-state index >= 15 is 0 Å². The monoisotopic (exact) mass is 466 g/mol. The Hall–Kier alpha value is -3.90. The summed E-state index contributed by atoms with van der Waals surface area (Å²) in [5.41, 5.74) is 10.6. The Morgan fingerprint density at radius 2 is 1.74 bits per heavy atom. The average Bonchev–Trinajstić information content (AvgIpc) is 3.48. The van der Waals surface area contributed by atoms with Crippen molar-refractivity contribution in [1.29, 1.82) is 0 Å². The molecule has 1 aliphatic rings. The van der Waals surface area contributed by atoms with Gasteiger partial charge in [-0.25, -0.2) is 0 Å². The van der Waals surface area contributed by atoms with Crippen molar-refractivity contribution in [1.82, 2.24) is 14.9 Å². The molecule has 5 rings (SSSR count). The van der Waals surface area contributed by atoms with Crippen molar-refractivity contribution in [2.75, 3.05) is 27.2 Å². The number of aromatic amines is 1. The lowest BCUT2D eigenvalue weighted by atomic mass is 9.98. The number of hydrogen-bond donors (Lipinski definition) is 2. The standard InChI is InChI=1S/C29H30N4O2/c1-19-16-22(12-13-30-19)26-18-28(20-4-8-24(9-5-20)35-15-14-33(2)3)31-29(26)23-6-10-25-21(17-23)7-11-27(25)32-34/h4-6,8-10,12-13,16-18,31,34H,7,11,14-15H2,1-3H3/b32-27-. The smallest absolute Gasteiger partial charge is 0.119 e. The van der Waals surface area contributed by atoms with Gasteiger partial charge in [-0.05, 0) is 105 Å². The molecule has 4 aromatic rings. The van der Waals surface area contributed by atoms with Crippen LogP contribution in [0, 0.1) is 6.92 Å². The first-order valence-corrected chi connectivity index (χ1v) is 11.9. The van der Waals surface area contributed by atoms with Crippen LogP contribution < -0.4 is 4.74 Å². The van der Waals surface area contributed by atoms with E-state index in [-0.39, 0.29) is 0 Å². The summed E-state index contributed by atoms with van der Waals surface area (Å²) in [6.45, 7) is 3.55. The van der Waals surface area contributed by atoms with E-state index in [1.54, 1.807) is 0 Å². The Bertz CT molecular complexity index is 1370. The molecule has 0 radical (unpaired) electrons. The molecule has 178 valence electrons. The van der Waals surface area contributed by atoms with E-state index in [0.717, 1.165) is 75.7 Å². The van der Waals surface area contributed by atoms with Crippen molar-refractivity contribution in [3.8, 4) is 39.4 Å². The Kier molecular flexibility index (Phi) is 6.38. The Labute approximate surface area is 205 Å². The summed E-state index contributed by atoms with van der Waals surface area (Å²) in [5, 5.41) is 12.8. The van der Waals surface area contributed by atoms with E-state index in [4.69, 9.17) is 4.74 Å². The third-order valence-corrected chi connectivity index (χ3v) is 6.45. The molecule has 0 aliphatic heterocycles. The number of benzene rings is 2. The molecule has 0 saturated carbocycles. The molecule has 0 bridgehead atoms. The van der Waals surface area contributed by atoms with Gasteiger partial charge >= 0.3 is 0 Å². The minimum absolute atomic E-state index is 0.658. The number of likely N-dealkylation sites (N-methyl/N-ethyl adjacent to an activating group) is 1. The number of fused-ring (bicyclic) bond motifs is 1. The number of ether oxygens (including phenoxy) is 1. The maximum atomic E-state index is 9.30. The number of aryl methyl sites for hydroxylation is 2. The highest BCUT2D eigenvalue weighted by Crippen LogP contribution is 2.38. The highest BCUT2D eigenvalue weighted by Gasteiger charge is 2.21. The lowest BCUT2D eigenvalue weighted by molar-refractivity contribution is 0.261. The second-order valence-corrected chi connectivity index (χ2v) is 9.25. The molecule has 6 nitrogen and oxygen atoms in total. The molecule has 6 heteroatoms. The van der Waals surface area contributed by atoms with Crippen molar-refractivity contribution in [3.63, 3.8) is 0 Å². The molecule has 0 atom stereocenters. The summed E-state index contributed by atoms with van der Waals surface area (Å²) in [7, 11) is 4.08. The zero-order valence-corrected chi connectivity index (χ0v) is 20.4. The highest BCUT2D eigenvalue weighted by atomic mass is 16.5. The van der Waals surface area contributed by atoms with Crippen LogP contribution in [0.4, 0.5) is 0 Å². The van der Waals surface area contributed by atoms with Crippen LogP contribution in [0.5, 0.6) is 5.75 Å². The first-order chi connectivity index (χ1) is 17.0. The van der Waals surface area contributed by atoms with Gasteiger partial charge in [0.25, 0.3) is 0 Å². The third-order valence-electron chi connectivity index (χ3n) is 6.45. The fourth-order valence-electron chi connectivity index (χ4n) is 4.58. The summed E-state index contributed by atoms with van der Waals surface area (Å²) >= 11 is 0. The van der Waals surface area contributed by atoms with Gasteiger partial charge in [-0.15, -0.1) is 0 Å². The summed E-state index contributed by atoms with van der Waals surface area (Å²) in [4.78, 5) is 10.2. The van der Waals surface area contributed by atoms with Crippen molar-refractivity contribution >= 4 is 5.71 Å². The van der Waals surface area contributed by atoms with E-state index in [1.165, 1.54) is 5.56 Å². The van der Waals surface area contributed by atoms with E-state index in [9.17, 15) is 5.21 Å². The van der Waals surface area contributed by atoms with Crippen molar-refractivity contribution < 1.29 is 9.94 Å². The van der Waals surface area contributed by atoms with Crippen LogP contribution in [0.1, 0.15) is 23.2 Å². The fourth-order valence-corrected chi connectivity index (χ4v) is 4.58. The number of oxime groups is 1. The Morgan fingerprint density at radius 3 is 2.49 bits per heavy atom. The SMILES string of the molecule is Cc1cc(-c2cc(-c3ccc(OCCN(C)C)cc3)[nH]c2-c2ccc3c(c2)CC/C3=N/O)ccn1. The molecule has 0 amide bonds. The van der Waals surface area contributed by atoms with Crippen molar-refractivity contribution in [2.45, 2.75) is 19.8 Å². The third kappa shape index (κ3) is 4.84. The lowest BCUT2D eigenvalue weighted by Gasteiger charge is -2.11. The molecule has 0 spiro atoms. The number of H-pyrrole nitrogens is 1. The lowest BCUT2D eigenvalue weighted by Crippen LogP contribution is -2.19. The van der Waals surface area contributed by atoms with Crippen LogP contribution in [-0.2, 0) is 6.42 Å². The minimum atomic E-state index is 0.658. The van der Waals surface area contributed by atoms with E-state index in [2.05, 4.69) is 68.6 Å². The molecule has 2 N–H and O–H groups in total. The van der Waals surface area contributed by atoms with E-state index < -0.39 is 0 Å². The summed E-state index contributed by atoms with van der Waals surface area (Å²) in [6.07, 6.45) is 3.51. The fraction of sp³-hybridized carbons (Fsp3) is 0.241. The maximum absolute atomic E-state index is 9.30. The molecule has 35 heavy (non-hydrogen) atoms. The van der Waals surface area contributed by atoms with Crippen LogP contribution in [0.2, 0.25) is 0 Å². The van der Waals surface area contributed by atoms with Crippen LogP contribution in [0.3, 0.4) is 0 Å². The van der Waals surface area contributed by atoms with Gasteiger partial charge in [0, 0.05) is 35.3 Å². The van der Waals surface area contributed by atoms with Gasteiger partial charge in [0.15, 0.2) is 0 Å². The van der Waals surface area contributed by atoms with Crippen LogP contribution in [0.25, 0.3) is 33.6 Å². The molecular formula is C29H30N4O2. The summed E-state index contributed by atoms with van der Waals surface area (Å²) in [5.74, 6) is 0.868. The zero-order valence-electron chi connectivity index (χ0n) is 20.4. The highest BCUT2D eigenvalue weighted by molar-refractivity contribution is 6.04. The predicted octanol–water partition coefficient (Wildman–Crippen LogP) is 5.78. The minimum Gasteiger partial charge on any atom is -0.492 e. The Morgan fingerprint density at radius 1 is 0.943 bits per heavy atom. The van der Waals surface area contributed by atoms with Gasteiger partial charge < -0.3 is 19.8 Å². The largest absolute Gasteiger partial charge is 0.492 e. The number of nitrogens with one attached hydrogen (secondary N) is 1. The Balaban J connectivity index is 1.52. The molecule has 2 aromatic heterocycles. The number of rotatable bonds is 7. The first kappa shape index (κ1) is 22.9. The van der Waals surface area contributed by atoms with Gasteiger partial charge in [0.05, 0.1) is 11.4 Å². The van der Waals surface area contributed by atoms with Gasteiger partial charge in [0.1, 0.15) is 12.4 Å². The molecule has 0 fully saturated rings. The van der Waals surface area contributed by atoms with Gasteiger partial charge in [-0.1, -0.05) is 17.3 Å². The van der Waals surface area contributed by atoms with Crippen LogP contribution in [0.15, 0.2) is 72.0 Å². The molecule has 2 heterocycles. The van der Waals surface area contributed by atoms with Crippen LogP contribution >= 0.6 is 0 Å². The molecule has 2 aromatic carbocycles. The first-order valence-electron chi connectivity index (χ1n) is 11.9. The van der Waals surface area contributed by atoms with Crippen LogP contribution in [-0.4, -0.2) is 53.0 Å². The topological polar surface area (TPSA) is 73.7 Å². The normalized spacial score (nSPS) is 14.0. The molecular weight excluding hydrogens is 436 g/mol. The average molecular weight is 467 g/mol. The second kappa shape index (κ2) is 9.76. The number of hydrogen-bond acceptors (Lipinski definition) is 5. The van der Waals surface area contributed by atoms with Gasteiger partial charge in [0.2, 0.25) is 0 Å². The molecule has 1 aliphatic carbocycles. The number of nitrogens with zero attached hydrogens (tertiary/aromatic N) is 3. The summed E-state index contributed by atoms with van der Waals surface area (Å²) < 4.78 is 5.86. The number of pyridine rings is 1. The maximum Gasteiger partial charge on any atom is 0.119 e. The van der Waals surface area contributed by atoms with Crippen molar-refractivity contribution in [2.24, 2.45) is 5.16 Å². The quantitative estimate of drug-likeness (QED) is 0.267. The van der Waals surface area contributed by atoms with Crippen molar-refractivity contribution in [3.05, 3.63) is 83.7 Å².